The van der Waals surface area contributed by atoms with Crippen molar-refractivity contribution in [2.24, 2.45) is 0 Å². The van der Waals surface area contributed by atoms with E-state index in [1.807, 2.05) is 16.3 Å². The summed E-state index contributed by atoms with van der Waals surface area (Å²) in [6.07, 6.45) is 1.97. The second kappa shape index (κ2) is 5.66. The van der Waals surface area contributed by atoms with Gasteiger partial charge in [0.25, 0.3) is 5.91 Å². The number of likely N-dealkylation sites (tertiary alicyclic amines) is 1. The van der Waals surface area contributed by atoms with Gasteiger partial charge in [-0.15, -0.1) is 11.3 Å². The predicted molar refractivity (Wildman–Crippen MR) is 81.4 cm³/mol. The molecule has 0 N–H and O–H groups in total. The molecule has 0 unspecified atom stereocenters. The van der Waals surface area contributed by atoms with Gasteiger partial charge in [-0.3, -0.25) is 4.79 Å². The molecule has 2 heterocycles. The fourth-order valence-electron chi connectivity index (χ4n) is 2.63. The number of nitrogens with zero attached hydrogens (tertiary/aromatic N) is 1. The number of rotatable bonds is 2. The molecule has 2 aromatic rings. The van der Waals surface area contributed by atoms with E-state index in [0.717, 1.165) is 19.4 Å². The summed E-state index contributed by atoms with van der Waals surface area (Å²) in [5.74, 6) is -0.490. The molecule has 1 fully saturated rings. The molecule has 3 rings (SSSR count). The van der Waals surface area contributed by atoms with E-state index in [0.29, 0.717) is 10.0 Å². The maximum absolute atomic E-state index is 13.4. The normalized spacial score (nSPS) is 18.5. The monoisotopic (exact) mass is 353 g/mol. The Hall–Kier alpha value is -1.20. The molecule has 1 aliphatic rings. The second-order valence-corrected chi connectivity index (χ2v) is 6.73. The van der Waals surface area contributed by atoms with Crippen LogP contribution in [-0.4, -0.2) is 17.4 Å². The third-order valence-electron chi connectivity index (χ3n) is 3.49. The van der Waals surface area contributed by atoms with Crippen LogP contribution in [0.1, 0.15) is 34.1 Å². The minimum absolute atomic E-state index is 0.0962. The first-order chi connectivity index (χ1) is 9.65. The average Bonchev–Trinajstić information content (AvgIpc) is 3.07. The van der Waals surface area contributed by atoms with Crippen molar-refractivity contribution in [2.75, 3.05) is 6.54 Å². The summed E-state index contributed by atoms with van der Waals surface area (Å²) in [6, 6.07) is 8.52. The van der Waals surface area contributed by atoms with Crippen molar-refractivity contribution in [1.29, 1.82) is 0 Å². The Morgan fingerprint density at radius 1 is 1.40 bits per heavy atom. The van der Waals surface area contributed by atoms with Crippen molar-refractivity contribution in [2.45, 2.75) is 18.9 Å². The minimum atomic E-state index is -0.394. The van der Waals surface area contributed by atoms with Gasteiger partial charge in [-0.05, 0) is 42.5 Å². The number of carbonyl (C=O) groups excluding carboxylic acids is 1. The highest BCUT2D eigenvalue weighted by Crippen LogP contribution is 2.35. The molecule has 1 aromatic heterocycles. The lowest BCUT2D eigenvalue weighted by Crippen LogP contribution is -2.30. The fraction of sp³-hybridized carbons (Fsp3) is 0.267. The van der Waals surface area contributed by atoms with Gasteiger partial charge in [0, 0.05) is 21.5 Å². The van der Waals surface area contributed by atoms with E-state index in [4.69, 9.17) is 0 Å². The molecule has 1 aromatic carbocycles. The van der Waals surface area contributed by atoms with Crippen LogP contribution in [0.25, 0.3) is 0 Å². The van der Waals surface area contributed by atoms with Crippen LogP contribution in [0, 0.1) is 5.82 Å². The first-order valence-electron chi connectivity index (χ1n) is 6.45. The number of benzene rings is 1. The Bertz CT molecular complexity index is 609. The number of hydrogen-bond donors (Lipinski definition) is 0. The Morgan fingerprint density at radius 2 is 2.25 bits per heavy atom. The van der Waals surface area contributed by atoms with Crippen molar-refractivity contribution < 1.29 is 9.18 Å². The van der Waals surface area contributed by atoms with Crippen LogP contribution in [-0.2, 0) is 0 Å². The molecule has 1 aliphatic heterocycles. The molecule has 0 spiro atoms. The third kappa shape index (κ3) is 2.65. The molecule has 0 aliphatic carbocycles. The van der Waals surface area contributed by atoms with E-state index in [1.165, 1.54) is 17.0 Å². The number of amides is 1. The molecule has 0 saturated carbocycles. The van der Waals surface area contributed by atoms with Crippen LogP contribution >= 0.6 is 27.3 Å². The molecule has 1 saturated heterocycles. The summed E-state index contributed by atoms with van der Waals surface area (Å²) in [6.45, 7) is 0.732. The van der Waals surface area contributed by atoms with Crippen LogP contribution < -0.4 is 0 Å². The molecule has 0 radical (unpaired) electrons. The Morgan fingerprint density at radius 3 is 2.95 bits per heavy atom. The zero-order valence-electron chi connectivity index (χ0n) is 10.7. The van der Waals surface area contributed by atoms with E-state index in [1.54, 1.807) is 17.4 Å². The molecular formula is C15H13BrFNOS. The number of thiophene rings is 1. The lowest BCUT2D eigenvalue weighted by atomic mass is 10.1. The van der Waals surface area contributed by atoms with Crippen molar-refractivity contribution in [3.63, 3.8) is 0 Å². The van der Waals surface area contributed by atoms with Gasteiger partial charge in [0.15, 0.2) is 0 Å². The first kappa shape index (κ1) is 13.8. The maximum atomic E-state index is 13.4. The summed E-state index contributed by atoms with van der Waals surface area (Å²) in [5, 5.41) is 2.02. The fourth-order valence-corrected chi connectivity index (χ4v) is 3.97. The maximum Gasteiger partial charge on any atom is 0.254 e. The Balaban J connectivity index is 1.89. The summed E-state index contributed by atoms with van der Waals surface area (Å²) >= 11 is 4.90. The quantitative estimate of drug-likeness (QED) is 0.770. The zero-order valence-corrected chi connectivity index (χ0v) is 13.1. The molecule has 0 bridgehead atoms. The van der Waals surface area contributed by atoms with Gasteiger partial charge in [0.1, 0.15) is 5.82 Å². The minimum Gasteiger partial charge on any atom is -0.331 e. The lowest BCUT2D eigenvalue weighted by Gasteiger charge is -2.24. The SMILES string of the molecule is O=C(c1cc(F)cc(Br)c1)N1CCC[C@@H]1c1cccs1. The first-order valence-corrected chi connectivity index (χ1v) is 8.13. The van der Waals surface area contributed by atoms with Crippen molar-refractivity contribution in [3.05, 3.63) is 56.4 Å². The highest BCUT2D eigenvalue weighted by molar-refractivity contribution is 9.10. The summed E-state index contributed by atoms with van der Waals surface area (Å²) in [4.78, 5) is 15.7. The van der Waals surface area contributed by atoms with E-state index < -0.39 is 5.82 Å². The largest absolute Gasteiger partial charge is 0.331 e. The highest BCUT2D eigenvalue weighted by Gasteiger charge is 2.31. The zero-order chi connectivity index (χ0) is 14.1. The topological polar surface area (TPSA) is 20.3 Å². The van der Waals surface area contributed by atoms with Gasteiger partial charge in [-0.1, -0.05) is 22.0 Å². The van der Waals surface area contributed by atoms with Crippen LogP contribution in [0.4, 0.5) is 4.39 Å². The summed E-state index contributed by atoms with van der Waals surface area (Å²) in [7, 11) is 0. The third-order valence-corrected chi connectivity index (χ3v) is 4.93. The molecule has 1 amide bonds. The summed E-state index contributed by atoms with van der Waals surface area (Å²) in [5.41, 5.74) is 0.403. The Kier molecular flexibility index (Phi) is 3.89. The Labute approximate surface area is 129 Å². The summed E-state index contributed by atoms with van der Waals surface area (Å²) < 4.78 is 14.0. The standard InChI is InChI=1S/C15H13BrFNOS/c16-11-7-10(8-12(17)9-11)15(19)18-5-1-3-13(18)14-4-2-6-20-14/h2,4,6-9,13H,1,3,5H2/t13-/m1/s1. The van der Waals surface area contributed by atoms with E-state index >= 15 is 0 Å². The van der Waals surface area contributed by atoms with Crippen LogP contribution in [0.15, 0.2) is 40.2 Å². The molecular weight excluding hydrogens is 341 g/mol. The molecule has 1 atom stereocenters. The van der Waals surface area contributed by atoms with Crippen LogP contribution in [0.3, 0.4) is 0 Å². The molecule has 5 heteroatoms. The van der Waals surface area contributed by atoms with Crippen LogP contribution in [0.2, 0.25) is 0 Å². The van der Waals surface area contributed by atoms with Crippen molar-refractivity contribution >= 4 is 33.2 Å². The van der Waals surface area contributed by atoms with Gasteiger partial charge < -0.3 is 4.90 Å². The smallest absolute Gasteiger partial charge is 0.254 e. The average molecular weight is 354 g/mol. The van der Waals surface area contributed by atoms with Gasteiger partial charge in [-0.25, -0.2) is 4.39 Å². The van der Waals surface area contributed by atoms with E-state index in [2.05, 4.69) is 22.0 Å². The van der Waals surface area contributed by atoms with Crippen LogP contribution in [0.5, 0.6) is 0 Å². The molecule has 2 nitrogen and oxygen atoms in total. The van der Waals surface area contributed by atoms with Gasteiger partial charge in [0.05, 0.1) is 6.04 Å². The predicted octanol–water partition coefficient (Wildman–Crippen LogP) is 4.63. The van der Waals surface area contributed by atoms with Gasteiger partial charge >= 0.3 is 0 Å². The molecule has 20 heavy (non-hydrogen) atoms. The lowest BCUT2D eigenvalue weighted by molar-refractivity contribution is 0.0737. The number of carbonyl (C=O) groups is 1. The van der Waals surface area contributed by atoms with E-state index in [-0.39, 0.29) is 11.9 Å². The van der Waals surface area contributed by atoms with Crippen molar-refractivity contribution in [3.8, 4) is 0 Å². The van der Waals surface area contributed by atoms with Crippen molar-refractivity contribution in [1.82, 2.24) is 4.90 Å². The number of halogens is 2. The second-order valence-electron chi connectivity index (χ2n) is 4.83. The van der Waals surface area contributed by atoms with E-state index in [9.17, 15) is 9.18 Å². The van der Waals surface area contributed by atoms with Gasteiger partial charge in [0.2, 0.25) is 0 Å². The molecule has 104 valence electrons. The van der Waals surface area contributed by atoms with Gasteiger partial charge in [-0.2, -0.15) is 0 Å². The highest BCUT2D eigenvalue weighted by atomic mass is 79.9. The number of hydrogen-bond acceptors (Lipinski definition) is 2.